The van der Waals surface area contributed by atoms with Gasteiger partial charge in [0.2, 0.25) is 0 Å². The molecule has 0 saturated carbocycles. The number of aromatic nitrogens is 2. The summed E-state index contributed by atoms with van der Waals surface area (Å²) in [6, 6.07) is 0. The number of H-pyrrole nitrogens is 1. The van der Waals surface area contributed by atoms with Crippen LogP contribution < -0.4 is 5.32 Å². The minimum atomic E-state index is 1.06. The fraction of sp³-hybridized carbons (Fsp3) is 0.800. The summed E-state index contributed by atoms with van der Waals surface area (Å²) in [5, 5.41) is 10.8. The predicted octanol–water partition coefficient (Wildman–Crippen LogP) is 2.03. The molecule has 0 amide bonds. The van der Waals surface area contributed by atoms with Crippen molar-refractivity contribution in [3.05, 3.63) is 17.0 Å². The van der Waals surface area contributed by atoms with E-state index in [1.54, 1.807) is 0 Å². The summed E-state index contributed by atoms with van der Waals surface area (Å²) in [5.41, 5.74) is 3.74. The van der Waals surface area contributed by atoms with Gasteiger partial charge in [0.25, 0.3) is 0 Å². The molecule has 19 heavy (non-hydrogen) atoms. The van der Waals surface area contributed by atoms with E-state index in [4.69, 9.17) is 0 Å². The zero-order valence-electron chi connectivity index (χ0n) is 12.5. The molecule has 2 rings (SSSR count). The second-order valence-electron chi connectivity index (χ2n) is 5.67. The summed E-state index contributed by atoms with van der Waals surface area (Å²) in [5.74, 6) is 0. The van der Waals surface area contributed by atoms with Crippen LogP contribution in [-0.4, -0.2) is 47.8 Å². The number of likely N-dealkylation sites (tertiary alicyclic amines) is 1. The van der Waals surface area contributed by atoms with Gasteiger partial charge in [-0.2, -0.15) is 5.10 Å². The van der Waals surface area contributed by atoms with E-state index in [0.29, 0.717) is 0 Å². The summed E-state index contributed by atoms with van der Waals surface area (Å²) in [6.07, 6.45) is 6.57. The third-order valence-electron chi connectivity index (χ3n) is 4.11. The Morgan fingerprint density at radius 3 is 2.63 bits per heavy atom. The Kier molecular flexibility index (Phi) is 5.86. The maximum absolute atomic E-state index is 4.23. The monoisotopic (exact) mass is 264 g/mol. The third-order valence-corrected chi connectivity index (χ3v) is 4.11. The second kappa shape index (κ2) is 7.65. The van der Waals surface area contributed by atoms with Crippen molar-refractivity contribution in [2.75, 3.05) is 32.7 Å². The lowest BCUT2D eigenvalue weighted by Crippen LogP contribution is -2.32. The first kappa shape index (κ1) is 14.5. The summed E-state index contributed by atoms with van der Waals surface area (Å²) in [7, 11) is 0. The Balaban J connectivity index is 1.52. The van der Waals surface area contributed by atoms with E-state index in [-0.39, 0.29) is 0 Å². The minimum Gasteiger partial charge on any atom is -0.316 e. The van der Waals surface area contributed by atoms with Crippen LogP contribution in [0.3, 0.4) is 0 Å². The van der Waals surface area contributed by atoms with Crippen LogP contribution in [0.5, 0.6) is 0 Å². The number of hydrogen-bond acceptors (Lipinski definition) is 3. The molecule has 1 aliphatic rings. The molecule has 0 radical (unpaired) electrons. The minimum absolute atomic E-state index is 1.06. The molecule has 0 atom stereocenters. The number of aromatic amines is 1. The highest BCUT2D eigenvalue weighted by Crippen LogP contribution is 2.09. The first-order valence-electron chi connectivity index (χ1n) is 7.71. The Morgan fingerprint density at radius 2 is 1.95 bits per heavy atom. The number of nitrogens with zero attached hydrogens (tertiary/aromatic N) is 2. The maximum atomic E-state index is 4.23. The van der Waals surface area contributed by atoms with Crippen molar-refractivity contribution in [1.29, 1.82) is 0 Å². The van der Waals surface area contributed by atoms with Gasteiger partial charge in [0.1, 0.15) is 0 Å². The molecule has 1 saturated heterocycles. The zero-order chi connectivity index (χ0) is 13.5. The molecule has 4 nitrogen and oxygen atoms in total. The van der Waals surface area contributed by atoms with E-state index >= 15 is 0 Å². The fourth-order valence-electron chi connectivity index (χ4n) is 2.89. The van der Waals surface area contributed by atoms with Gasteiger partial charge in [-0.1, -0.05) is 6.42 Å². The molecule has 0 bridgehead atoms. The third kappa shape index (κ3) is 4.62. The van der Waals surface area contributed by atoms with Crippen molar-refractivity contribution in [1.82, 2.24) is 20.4 Å². The molecule has 2 N–H and O–H groups in total. The zero-order valence-corrected chi connectivity index (χ0v) is 12.5. The standard InChI is InChI=1S/C15H28N4/c1-13-15(14(2)18-17-13)7-9-16-8-6-12-19-10-4-3-5-11-19/h16H,3-12H2,1-2H3,(H,17,18). The summed E-state index contributed by atoms with van der Waals surface area (Å²) in [6.45, 7) is 10.3. The second-order valence-corrected chi connectivity index (χ2v) is 5.67. The lowest BCUT2D eigenvalue weighted by molar-refractivity contribution is 0.226. The number of rotatable bonds is 7. The van der Waals surface area contributed by atoms with Crippen molar-refractivity contribution in [2.45, 2.75) is 46.0 Å². The molecule has 0 spiro atoms. The van der Waals surface area contributed by atoms with Crippen LogP contribution in [0.25, 0.3) is 0 Å². The van der Waals surface area contributed by atoms with Crippen molar-refractivity contribution >= 4 is 0 Å². The van der Waals surface area contributed by atoms with Crippen LogP contribution in [0.1, 0.15) is 42.6 Å². The molecular weight excluding hydrogens is 236 g/mol. The maximum Gasteiger partial charge on any atom is 0.0626 e. The first-order valence-corrected chi connectivity index (χ1v) is 7.71. The SMILES string of the molecule is Cc1n[nH]c(C)c1CCNCCCN1CCCCC1. The summed E-state index contributed by atoms with van der Waals surface area (Å²) >= 11 is 0. The van der Waals surface area contributed by atoms with Gasteiger partial charge in [-0.05, 0) is 77.8 Å². The summed E-state index contributed by atoms with van der Waals surface area (Å²) < 4.78 is 0. The molecule has 1 aliphatic heterocycles. The van der Waals surface area contributed by atoms with E-state index in [1.807, 2.05) is 0 Å². The highest BCUT2D eigenvalue weighted by atomic mass is 15.1. The van der Waals surface area contributed by atoms with Gasteiger partial charge in [0, 0.05) is 5.69 Å². The van der Waals surface area contributed by atoms with Crippen LogP contribution in [-0.2, 0) is 6.42 Å². The van der Waals surface area contributed by atoms with Crippen molar-refractivity contribution in [2.24, 2.45) is 0 Å². The first-order chi connectivity index (χ1) is 9.27. The van der Waals surface area contributed by atoms with Crippen LogP contribution in [0.4, 0.5) is 0 Å². The van der Waals surface area contributed by atoms with Crippen LogP contribution in [0.2, 0.25) is 0 Å². The van der Waals surface area contributed by atoms with Gasteiger partial charge in [-0.3, -0.25) is 5.10 Å². The highest BCUT2D eigenvalue weighted by Gasteiger charge is 2.09. The number of piperidine rings is 1. The Morgan fingerprint density at radius 1 is 1.16 bits per heavy atom. The van der Waals surface area contributed by atoms with Gasteiger partial charge in [-0.25, -0.2) is 0 Å². The van der Waals surface area contributed by atoms with Gasteiger partial charge in [-0.15, -0.1) is 0 Å². The molecule has 1 fully saturated rings. The quantitative estimate of drug-likeness (QED) is 0.741. The van der Waals surface area contributed by atoms with Gasteiger partial charge < -0.3 is 10.2 Å². The normalized spacial score (nSPS) is 16.9. The molecule has 1 aromatic rings. The van der Waals surface area contributed by atoms with Crippen molar-refractivity contribution in [3.8, 4) is 0 Å². The lowest BCUT2D eigenvalue weighted by Gasteiger charge is -2.26. The van der Waals surface area contributed by atoms with Crippen LogP contribution in [0, 0.1) is 13.8 Å². The van der Waals surface area contributed by atoms with Gasteiger partial charge >= 0.3 is 0 Å². The molecule has 0 aromatic carbocycles. The molecule has 1 aromatic heterocycles. The van der Waals surface area contributed by atoms with Gasteiger partial charge in [0.15, 0.2) is 0 Å². The Bertz CT molecular complexity index is 347. The van der Waals surface area contributed by atoms with Crippen molar-refractivity contribution < 1.29 is 0 Å². The van der Waals surface area contributed by atoms with E-state index in [2.05, 4.69) is 34.3 Å². The topological polar surface area (TPSA) is 44.0 Å². The fourth-order valence-corrected chi connectivity index (χ4v) is 2.89. The number of nitrogens with one attached hydrogen (secondary N) is 2. The van der Waals surface area contributed by atoms with Crippen LogP contribution >= 0.6 is 0 Å². The number of hydrogen-bond donors (Lipinski definition) is 2. The average molecular weight is 264 g/mol. The van der Waals surface area contributed by atoms with E-state index in [1.165, 1.54) is 56.6 Å². The number of aryl methyl sites for hydroxylation is 2. The average Bonchev–Trinajstić information content (AvgIpc) is 2.75. The molecular formula is C15H28N4. The molecule has 0 aliphatic carbocycles. The van der Waals surface area contributed by atoms with Crippen molar-refractivity contribution in [3.63, 3.8) is 0 Å². The summed E-state index contributed by atoms with van der Waals surface area (Å²) in [4.78, 5) is 2.61. The van der Waals surface area contributed by atoms with E-state index in [0.717, 1.165) is 25.2 Å². The van der Waals surface area contributed by atoms with Crippen LogP contribution in [0.15, 0.2) is 0 Å². The largest absolute Gasteiger partial charge is 0.316 e. The smallest absolute Gasteiger partial charge is 0.0626 e. The highest BCUT2D eigenvalue weighted by molar-refractivity contribution is 5.23. The van der Waals surface area contributed by atoms with Gasteiger partial charge in [0.05, 0.1) is 5.69 Å². The molecule has 108 valence electrons. The molecule has 2 heterocycles. The van der Waals surface area contributed by atoms with E-state index in [9.17, 15) is 0 Å². The Hall–Kier alpha value is -0.870. The van der Waals surface area contributed by atoms with E-state index < -0.39 is 0 Å². The Labute approximate surface area is 117 Å². The molecule has 4 heteroatoms. The lowest BCUT2D eigenvalue weighted by atomic mass is 10.1. The molecule has 0 unspecified atom stereocenters. The predicted molar refractivity (Wildman–Crippen MR) is 79.5 cm³/mol.